The van der Waals surface area contributed by atoms with E-state index >= 15 is 0 Å². The Morgan fingerprint density at radius 2 is 2.14 bits per heavy atom. The maximum absolute atomic E-state index is 12.6. The molecule has 1 heterocycles. The maximum atomic E-state index is 12.6. The van der Waals surface area contributed by atoms with Gasteiger partial charge in [0.05, 0.1) is 6.10 Å². The molecule has 0 amide bonds. The lowest BCUT2D eigenvalue weighted by atomic mass is 9.78. The summed E-state index contributed by atoms with van der Waals surface area (Å²) in [6, 6.07) is -0.0452. The van der Waals surface area contributed by atoms with Crippen molar-refractivity contribution in [3.8, 4) is 0 Å². The zero-order chi connectivity index (χ0) is 15.5. The van der Waals surface area contributed by atoms with Gasteiger partial charge in [0.2, 0.25) is 0 Å². The van der Waals surface area contributed by atoms with Crippen molar-refractivity contribution in [1.82, 2.24) is 10.3 Å². The monoisotopic (exact) mass is 322 g/mol. The Morgan fingerprint density at radius 3 is 2.67 bits per heavy atom. The molecule has 0 bridgehead atoms. The van der Waals surface area contributed by atoms with Crippen molar-refractivity contribution in [2.75, 3.05) is 13.2 Å². The topological polar surface area (TPSA) is 34.1 Å². The second kappa shape index (κ2) is 7.07. The predicted octanol–water partition coefficient (Wildman–Crippen LogP) is 4.02. The summed E-state index contributed by atoms with van der Waals surface area (Å²) in [6.07, 6.45) is 0.183. The molecule has 3 nitrogen and oxygen atoms in total. The van der Waals surface area contributed by atoms with Crippen LogP contribution in [-0.2, 0) is 10.9 Å². The first-order chi connectivity index (χ1) is 9.94. The van der Waals surface area contributed by atoms with Gasteiger partial charge in [0.25, 0.3) is 0 Å². The summed E-state index contributed by atoms with van der Waals surface area (Å²) in [4.78, 5) is 4.19. The summed E-state index contributed by atoms with van der Waals surface area (Å²) in [5, 5.41) is 2.51. The largest absolute Gasteiger partial charge is 0.443 e. The van der Waals surface area contributed by atoms with Gasteiger partial charge in [-0.1, -0.05) is 6.92 Å². The van der Waals surface area contributed by atoms with Gasteiger partial charge in [-0.2, -0.15) is 13.2 Å². The maximum Gasteiger partial charge on any atom is 0.443 e. The molecular formula is C14H21F3N2OS. The molecule has 1 aromatic rings. The molecule has 0 spiro atoms. The van der Waals surface area contributed by atoms with E-state index in [4.69, 9.17) is 4.74 Å². The highest BCUT2D eigenvalue weighted by Crippen LogP contribution is 2.40. The highest BCUT2D eigenvalue weighted by Gasteiger charge is 2.36. The summed E-state index contributed by atoms with van der Waals surface area (Å²) < 4.78 is 43.4. The van der Waals surface area contributed by atoms with Crippen molar-refractivity contribution in [3.05, 3.63) is 16.1 Å². The number of aromatic nitrogens is 1. The van der Waals surface area contributed by atoms with Crippen molar-refractivity contribution in [1.29, 1.82) is 0 Å². The third-order valence-corrected chi connectivity index (χ3v) is 4.88. The van der Waals surface area contributed by atoms with Crippen LogP contribution in [0.25, 0.3) is 0 Å². The molecule has 1 fully saturated rings. The minimum absolute atomic E-state index is 0.0452. The number of nitrogens with one attached hydrogen (secondary N) is 1. The minimum atomic E-state index is -4.35. The number of nitrogens with zero attached hydrogens (tertiary/aromatic N) is 1. The van der Waals surface area contributed by atoms with E-state index in [9.17, 15) is 13.2 Å². The van der Waals surface area contributed by atoms with Crippen LogP contribution in [0.3, 0.4) is 0 Å². The van der Waals surface area contributed by atoms with Crippen LogP contribution in [0.4, 0.5) is 13.2 Å². The fourth-order valence-corrected chi connectivity index (χ4v) is 3.57. The van der Waals surface area contributed by atoms with Crippen LogP contribution < -0.4 is 5.32 Å². The average molecular weight is 322 g/mol. The molecule has 0 aromatic carbocycles. The number of ether oxygens (including phenoxy) is 1. The summed E-state index contributed by atoms with van der Waals surface area (Å²) in [6.45, 7) is 5.39. The van der Waals surface area contributed by atoms with Gasteiger partial charge in [0, 0.05) is 23.7 Å². The molecular weight excluding hydrogens is 301 g/mol. The number of hydrogen-bond acceptors (Lipinski definition) is 4. The fourth-order valence-electron chi connectivity index (χ4n) is 2.70. The second-order valence-electron chi connectivity index (χ2n) is 5.33. The predicted molar refractivity (Wildman–Crippen MR) is 76.3 cm³/mol. The van der Waals surface area contributed by atoms with Crippen LogP contribution in [0.5, 0.6) is 0 Å². The van der Waals surface area contributed by atoms with E-state index in [1.54, 1.807) is 0 Å². The minimum Gasteiger partial charge on any atom is -0.378 e. The van der Waals surface area contributed by atoms with Gasteiger partial charge in [-0.25, -0.2) is 4.98 Å². The number of alkyl halides is 3. The first-order valence-corrected chi connectivity index (χ1v) is 8.13. The Balaban J connectivity index is 1.94. The van der Waals surface area contributed by atoms with Gasteiger partial charge in [-0.05, 0) is 38.6 Å². The third-order valence-electron chi connectivity index (χ3n) is 3.72. The SMILES string of the molecule is CCNC(CC1CC(OCC)C1)c1cnc(C(F)(F)F)s1. The van der Waals surface area contributed by atoms with Gasteiger partial charge in [0.15, 0.2) is 5.01 Å². The van der Waals surface area contributed by atoms with Gasteiger partial charge in [-0.3, -0.25) is 0 Å². The number of rotatable bonds is 7. The van der Waals surface area contributed by atoms with Crippen molar-refractivity contribution >= 4 is 11.3 Å². The first-order valence-electron chi connectivity index (χ1n) is 7.31. The quantitative estimate of drug-likeness (QED) is 0.823. The molecule has 7 heteroatoms. The second-order valence-corrected chi connectivity index (χ2v) is 6.39. The molecule has 1 saturated carbocycles. The molecule has 1 atom stereocenters. The van der Waals surface area contributed by atoms with Crippen LogP contribution in [0.1, 0.15) is 49.0 Å². The van der Waals surface area contributed by atoms with Crippen LogP contribution in [0, 0.1) is 5.92 Å². The summed E-state index contributed by atoms with van der Waals surface area (Å²) in [7, 11) is 0. The lowest BCUT2D eigenvalue weighted by Crippen LogP contribution is -2.34. The van der Waals surface area contributed by atoms with Gasteiger partial charge in [-0.15, -0.1) is 11.3 Å². The normalized spacial score (nSPS) is 23.9. The summed E-state index contributed by atoms with van der Waals surface area (Å²) in [5.41, 5.74) is 0. The number of thiazole rings is 1. The zero-order valence-corrected chi connectivity index (χ0v) is 13.1. The Kier molecular flexibility index (Phi) is 5.62. The van der Waals surface area contributed by atoms with Gasteiger partial charge < -0.3 is 10.1 Å². The molecule has 1 aliphatic rings. The lowest BCUT2D eigenvalue weighted by Gasteiger charge is -2.37. The van der Waals surface area contributed by atoms with E-state index in [2.05, 4.69) is 10.3 Å². The first kappa shape index (κ1) is 16.7. The standard InChI is InChI=1S/C14H21F3N2OS/c1-3-18-11(7-9-5-10(6-9)20-4-2)12-8-19-13(21-12)14(15,16)17/h8-11,18H,3-7H2,1-2H3. The highest BCUT2D eigenvalue weighted by atomic mass is 32.1. The van der Waals surface area contributed by atoms with E-state index in [1.807, 2.05) is 13.8 Å². The van der Waals surface area contributed by atoms with E-state index in [0.717, 1.165) is 43.8 Å². The van der Waals surface area contributed by atoms with E-state index in [1.165, 1.54) is 6.20 Å². The van der Waals surface area contributed by atoms with Crippen molar-refractivity contribution in [2.24, 2.45) is 5.92 Å². The summed E-state index contributed by atoms with van der Waals surface area (Å²) in [5.74, 6) is 0.516. The van der Waals surface area contributed by atoms with Crippen molar-refractivity contribution in [2.45, 2.75) is 51.4 Å². The molecule has 120 valence electrons. The number of hydrogen-bond donors (Lipinski definition) is 1. The molecule has 0 aliphatic heterocycles. The molecule has 21 heavy (non-hydrogen) atoms. The van der Waals surface area contributed by atoms with E-state index in [0.29, 0.717) is 16.9 Å². The van der Waals surface area contributed by atoms with E-state index < -0.39 is 11.2 Å². The Hall–Kier alpha value is -0.660. The Labute approximate surface area is 126 Å². The molecule has 1 aliphatic carbocycles. The molecule has 0 saturated heterocycles. The lowest BCUT2D eigenvalue weighted by molar-refractivity contribution is -0.137. The van der Waals surface area contributed by atoms with Crippen LogP contribution in [0.2, 0.25) is 0 Å². The summed E-state index contributed by atoms with van der Waals surface area (Å²) >= 11 is 0.746. The van der Waals surface area contributed by atoms with E-state index in [-0.39, 0.29) is 6.04 Å². The zero-order valence-electron chi connectivity index (χ0n) is 12.2. The van der Waals surface area contributed by atoms with Crippen molar-refractivity contribution < 1.29 is 17.9 Å². The Morgan fingerprint density at radius 1 is 1.43 bits per heavy atom. The van der Waals surface area contributed by atoms with Crippen LogP contribution >= 0.6 is 11.3 Å². The van der Waals surface area contributed by atoms with Crippen molar-refractivity contribution in [3.63, 3.8) is 0 Å². The highest BCUT2D eigenvalue weighted by molar-refractivity contribution is 7.11. The van der Waals surface area contributed by atoms with Gasteiger partial charge in [0.1, 0.15) is 0 Å². The number of halogens is 3. The van der Waals surface area contributed by atoms with Crippen LogP contribution in [-0.4, -0.2) is 24.2 Å². The molecule has 1 unspecified atom stereocenters. The molecule has 2 rings (SSSR count). The van der Waals surface area contributed by atoms with Crippen LogP contribution in [0.15, 0.2) is 6.20 Å². The fraction of sp³-hybridized carbons (Fsp3) is 0.786. The molecule has 1 aromatic heterocycles. The third kappa shape index (κ3) is 4.40. The molecule has 0 radical (unpaired) electrons. The molecule has 1 N–H and O–H groups in total. The average Bonchev–Trinajstić information content (AvgIpc) is 2.84. The smallest absolute Gasteiger partial charge is 0.378 e. The Bertz CT molecular complexity index is 444. The van der Waals surface area contributed by atoms with Gasteiger partial charge >= 0.3 is 6.18 Å².